The predicted octanol–water partition coefficient (Wildman–Crippen LogP) is 3.01. The van der Waals surface area contributed by atoms with E-state index in [1.54, 1.807) is 4.68 Å². The van der Waals surface area contributed by atoms with Crippen molar-refractivity contribution < 1.29 is 0 Å². The summed E-state index contributed by atoms with van der Waals surface area (Å²) in [4.78, 5) is 8.81. The number of anilines is 2. The summed E-state index contributed by atoms with van der Waals surface area (Å²) < 4.78 is 1.76. The molecule has 0 radical (unpaired) electrons. The second kappa shape index (κ2) is 6.00. The Balaban J connectivity index is 1.64. The maximum absolute atomic E-state index is 6.05. The van der Waals surface area contributed by atoms with Gasteiger partial charge in [-0.2, -0.15) is 10.1 Å². The summed E-state index contributed by atoms with van der Waals surface area (Å²) in [7, 11) is 0. The van der Waals surface area contributed by atoms with Crippen LogP contribution in [0.15, 0.2) is 66.9 Å². The zero-order valence-electron chi connectivity index (χ0n) is 12.9. The molecule has 0 saturated carbocycles. The third kappa shape index (κ3) is 2.77. The lowest BCUT2D eigenvalue weighted by molar-refractivity contribution is 0.896. The van der Waals surface area contributed by atoms with Gasteiger partial charge in [-0.05, 0) is 17.7 Å². The van der Waals surface area contributed by atoms with E-state index >= 15 is 0 Å². The van der Waals surface area contributed by atoms with E-state index in [0.717, 1.165) is 11.3 Å². The number of rotatable bonds is 4. The SMILES string of the molecule is Nc1nc(NCc2ccccc2)nc2cn(-c3ccccc3)nc12. The van der Waals surface area contributed by atoms with Crippen LogP contribution < -0.4 is 11.1 Å². The number of nitrogens with zero attached hydrogens (tertiary/aromatic N) is 4. The number of aromatic nitrogens is 4. The first-order valence-corrected chi connectivity index (χ1v) is 7.66. The number of hydrogen-bond acceptors (Lipinski definition) is 5. The van der Waals surface area contributed by atoms with Gasteiger partial charge in [0.25, 0.3) is 0 Å². The summed E-state index contributed by atoms with van der Waals surface area (Å²) in [6.45, 7) is 0.638. The lowest BCUT2D eigenvalue weighted by atomic mass is 10.2. The van der Waals surface area contributed by atoms with Gasteiger partial charge in [0.05, 0.1) is 11.9 Å². The van der Waals surface area contributed by atoms with Gasteiger partial charge in [-0.15, -0.1) is 0 Å². The van der Waals surface area contributed by atoms with E-state index in [1.165, 1.54) is 0 Å². The molecule has 4 rings (SSSR count). The van der Waals surface area contributed by atoms with Crippen LogP contribution in [-0.4, -0.2) is 19.7 Å². The molecule has 118 valence electrons. The molecule has 6 heteroatoms. The van der Waals surface area contributed by atoms with E-state index in [2.05, 4.69) is 20.4 Å². The first-order valence-electron chi connectivity index (χ1n) is 7.66. The topological polar surface area (TPSA) is 81.6 Å². The first kappa shape index (κ1) is 14.2. The third-order valence-corrected chi connectivity index (χ3v) is 3.70. The second-order valence-electron chi connectivity index (χ2n) is 5.41. The van der Waals surface area contributed by atoms with Gasteiger partial charge in [0.15, 0.2) is 11.3 Å². The van der Waals surface area contributed by atoms with E-state index in [0.29, 0.717) is 29.3 Å². The molecule has 0 aliphatic heterocycles. The molecule has 3 N–H and O–H groups in total. The number of benzene rings is 2. The molecule has 0 unspecified atom stereocenters. The van der Waals surface area contributed by atoms with Crippen molar-refractivity contribution in [2.24, 2.45) is 0 Å². The lowest BCUT2D eigenvalue weighted by Crippen LogP contribution is -2.05. The van der Waals surface area contributed by atoms with Gasteiger partial charge in [-0.1, -0.05) is 48.5 Å². The normalized spacial score (nSPS) is 10.8. The minimum atomic E-state index is 0.366. The molecule has 2 aromatic carbocycles. The fourth-order valence-electron chi connectivity index (χ4n) is 2.50. The van der Waals surface area contributed by atoms with E-state index < -0.39 is 0 Å². The molecule has 0 spiro atoms. The molecule has 0 saturated heterocycles. The van der Waals surface area contributed by atoms with Crippen LogP contribution in [0.4, 0.5) is 11.8 Å². The van der Waals surface area contributed by atoms with E-state index in [4.69, 9.17) is 5.73 Å². The van der Waals surface area contributed by atoms with Crippen LogP contribution in [0.3, 0.4) is 0 Å². The van der Waals surface area contributed by atoms with Crippen molar-refractivity contribution in [2.75, 3.05) is 11.1 Å². The third-order valence-electron chi connectivity index (χ3n) is 3.70. The molecular weight excluding hydrogens is 300 g/mol. The average Bonchev–Trinajstić information content (AvgIpc) is 3.06. The molecule has 4 aromatic rings. The lowest BCUT2D eigenvalue weighted by Gasteiger charge is -2.05. The number of nitrogen functional groups attached to an aromatic ring is 1. The molecule has 2 aromatic heterocycles. The zero-order valence-corrected chi connectivity index (χ0v) is 12.9. The van der Waals surface area contributed by atoms with E-state index in [1.807, 2.05) is 66.9 Å². The summed E-state index contributed by atoms with van der Waals surface area (Å²) >= 11 is 0. The molecule has 0 amide bonds. The first-order chi connectivity index (χ1) is 11.8. The standard InChI is InChI=1S/C18H16N6/c19-17-16-15(12-24(23-16)14-9-5-2-6-10-14)21-18(22-17)20-11-13-7-3-1-4-8-13/h1-10,12H,11H2,(H3,19,20,21,22). The number of para-hydroxylation sites is 1. The Morgan fingerprint density at radius 1 is 0.917 bits per heavy atom. The average molecular weight is 316 g/mol. The highest BCUT2D eigenvalue weighted by Gasteiger charge is 2.10. The van der Waals surface area contributed by atoms with Crippen molar-refractivity contribution >= 4 is 22.8 Å². The Hall–Kier alpha value is -3.41. The van der Waals surface area contributed by atoms with Crippen molar-refractivity contribution in [2.45, 2.75) is 6.54 Å². The van der Waals surface area contributed by atoms with Gasteiger partial charge < -0.3 is 11.1 Å². The smallest absolute Gasteiger partial charge is 0.225 e. The molecule has 6 nitrogen and oxygen atoms in total. The minimum absolute atomic E-state index is 0.366. The number of hydrogen-bond donors (Lipinski definition) is 2. The van der Waals surface area contributed by atoms with Crippen LogP contribution in [0.5, 0.6) is 0 Å². The Labute approximate surface area is 139 Å². The van der Waals surface area contributed by atoms with Crippen LogP contribution in [0.2, 0.25) is 0 Å². The predicted molar refractivity (Wildman–Crippen MR) is 94.8 cm³/mol. The van der Waals surface area contributed by atoms with Gasteiger partial charge >= 0.3 is 0 Å². The van der Waals surface area contributed by atoms with Crippen LogP contribution in [-0.2, 0) is 6.54 Å². The Kier molecular flexibility index (Phi) is 3.55. The molecule has 2 heterocycles. The Bertz CT molecular complexity index is 963. The van der Waals surface area contributed by atoms with Gasteiger partial charge in [0.2, 0.25) is 5.95 Å². The van der Waals surface area contributed by atoms with Crippen LogP contribution in [0, 0.1) is 0 Å². The maximum atomic E-state index is 6.05. The van der Waals surface area contributed by atoms with E-state index in [9.17, 15) is 0 Å². The fraction of sp³-hybridized carbons (Fsp3) is 0.0556. The van der Waals surface area contributed by atoms with E-state index in [-0.39, 0.29) is 0 Å². The molecule has 0 fully saturated rings. The quantitative estimate of drug-likeness (QED) is 0.605. The van der Waals surface area contributed by atoms with Gasteiger partial charge in [-0.25, -0.2) is 9.67 Å². The Morgan fingerprint density at radius 2 is 1.62 bits per heavy atom. The molecule has 24 heavy (non-hydrogen) atoms. The minimum Gasteiger partial charge on any atom is -0.382 e. The highest BCUT2D eigenvalue weighted by Crippen LogP contribution is 2.20. The van der Waals surface area contributed by atoms with Crippen LogP contribution >= 0.6 is 0 Å². The van der Waals surface area contributed by atoms with Crippen LogP contribution in [0.25, 0.3) is 16.7 Å². The zero-order chi connectivity index (χ0) is 16.4. The number of nitrogens with two attached hydrogens (primary N) is 1. The molecule has 0 bridgehead atoms. The van der Waals surface area contributed by atoms with Crippen molar-refractivity contribution in [1.82, 2.24) is 19.7 Å². The molecular formula is C18H16N6. The highest BCUT2D eigenvalue weighted by molar-refractivity contribution is 5.85. The summed E-state index contributed by atoms with van der Waals surface area (Å²) in [6.07, 6.45) is 1.86. The largest absolute Gasteiger partial charge is 0.382 e. The fourth-order valence-corrected chi connectivity index (χ4v) is 2.50. The number of fused-ring (bicyclic) bond motifs is 1. The van der Waals surface area contributed by atoms with Gasteiger partial charge in [0, 0.05) is 6.54 Å². The summed E-state index contributed by atoms with van der Waals surface area (Å²) in [6, 6.07) is 19.9. The monoisotopic (exact) mass is 316 g/mol. The Morgan fingerprint density at radius 3 is 2.38 bits per heavy atom. The molecule has 0 aliphatic carbocycles. The second-order valence-corrected chi connectivity index (χ2v) is 5.41. The maximum Gasteiger partial charge on any atom is 0.225 e. The highest BCUT2D eigenvalue weighted by atomic mass is 15.3. The van der Waals surface area contributed by atoms with Crippen molar-refractivity contribution in [3.63, 3.8) is 0 Å². The summed E-state index contributed by atoms with van der Waals surface area (Å²) in [5, 5.41) is 7.68. The van der Waals surface area contributed by atoms with Crippen LogP contribution in [0.1, 0.15) is 5.56 Å². The van der Waals surface area contributed by atoms with Crippen molar-refractivity contribution in [1.29, 1.82) is 0 Å². The van der Waals surface area contributed by atoms with Gasteiger partial charge in [0.1, 0.15) is 5.52 Å². The van der Waals surface area contributed by atoms with Crippen molar-refractivity contribution in [3.05, 3.63) is 72.4 Å². The van der Waals surface area contributed by atoms with Gasteiger partial charge in [-0.3, -0.25) is 0 Å². The van der Waals surface area contributed by atoms with Crippen molar-refractivity contribution in [3.8, 4) is 5.69 Å². The summed E-state index contributed by atoms with van der Waals surface area (Å²) in [5.74, 6) is 0.863. The number of nitrogens with one attached hydrogen (secondary N) is 1. The molecule has 0 atom stereocenters. The summed E-state index contributed by atoms with van der Waals surface area (Å²) in [5.41, 5.74) is 9.47. The molecule has 0 aliphatic rings.